The van der Waals surface area contributed by atoms with Crippen LogP contribution in [0.1, 0.15) is 24.2 Å². The number of anilines is 2. The number of likely N-dealkylation sites (N-methyl/N-ethyl adjacent to an activating group) is 1. The number of methoxy groups -OCH3 is 1. The van der Waals surface area contributed by atoms with E-state index in [1.807, 2.05) is 23.1 Å². The molecule has 1 fully saturated rings. The summed E-state index contributed by atoms with van der Waals surface area (Å²) in [4.78, 5) is 35.8. The lowest BCUT2D eigenvalue weighted by Gasteiger charge is -2.29. The molecule has 10 nitrogen and oxygen atoms in total. The average molecular weight is 514 g/mol. The summed E-state index contributed by atoms with van der Waals surface area (Å²) in [6, 6.07) is 10.3. The smallest absolute Gasteiger partial charge is 0.293 e. The van der Waals surface area contributed by atoms with Gasteiger partial charge in [-0.2, -0.15) is 0 Å². The maximum Gasteiger partial charge on any atom is 0.293 e. The third-order valence-corrected chi connectivity index (χ3v) is 7.41. The number of morpholine rings is 1. The van der Waals surface area contributed by atoms with Gasteiger partial charge in [0, 0.05) is 37.8 Å². The van der Waals surface area contributed by atoms with Crippen molar-refractivity contribution in [3.05, 3.63) is 52.1 Å². The van der Waals surface area contributed by atoms with Gasteiger partial charge in [-0.05, 0) is 43.4 Å². The van der Waals surface area contributed by atoms with Gasteiger partial charge in [-0.3, -0.25) is 19.8 Å². The monoisotopic (exact) mass is 513 g/mol. The van der Waals surface area contributed by atoms with Crippen molar-refractivity contribution in [2.45, 2.75) is 13.8 Å². The molecule has 0 unspecified atom stereocenters. The number of thiazole rings is 1. The van der Waals surface area contributed by atoms with Crippen molar-refractivity contribution in [3.8, 4) is 5.75 Å². The van der Waals surface area contributed by atoms with Crippen LogP contribution in [0, 0.1) is 10.1 Å². The van der Waals surface area contributed by atoms with Gasteiger partial charge in [-0.25, -0.2) is 4.98 Å². The Hall–Kier alpha value is -3.28. The second-order valence-corrected chi connectivity index (χ2v) is 9.38. The number of nitro groups is 1. The van der Waals surface area contributed by atoms with E-state index in [-0.39, 0.29) is 17.2 Å². The number of ether oxygens (including phenoxy) is 2. The van der Waals surface area contributed by atoms with Crippen molar-refractivity contribution in [2.75, 3.05) is 69.4 Å². The third-order valence-electron chi connectivity index (χ3n) is 6.37. The van der Waals surface area contributed by atoms with E-state index < -0.39 is 4.92 Å². The highest BCUT2D eigenvalue weighted by Gasteiger charge is 2.27. The number of hydrogen-bond acceptors (Lipinski definition) is 9. The first-order chi connectivity index (χ1) is 17.4. The molecule has 1 aromatic heterocycles. The van der Waals surface area contributed by atoms with Crippen molar-refractivity contribution >= 4 is 44.0 Å². The lowest BCUT2D eigenvalue weighted by Crippen LogP contribution is -2.39. The van der Waals surface area contributed by atoms with Crippen molar-refractivity contribution in [1.82, 2.24) is 9.88 Å². The third kappa shape index (κ3) is 5.58. The van der Waals surface area contributed by atoms with Gasteiger partial charge in [-0.1, -0.05) is 25.2 Å². The molecule has 3 aromatic rings. The van der Waals surface area contributed by atoms with E-state index in [1.54, 1.807) is 24.1 Å². The van der Waals surface area contributed by atoms with E-state index in [9.17, 15) is 14.9 Å². The van der Waals surface area contributed by atoms with E-state index in [0.29, 0.717) is 56.0 Å². The van der Waals surface area contributed by atoms with Crippen molar-refractivity contribution in [1.29, 1.82) is 0 Å². The van der Waals surface area contributed by atoms with Gasteiger partial charge < -0.3 is 19.3 Å². The quantitative estimate of drug-likeness (QED) is 0.296. The van der Waals surface area contributed by atoms with E-state index >= 15 is 0 Å². The van der Waals surface area contributed by atoms with Crippen LogP contribution in [-0.4, -0.2) is 80.3 Å². The zero-order valence-corrected chi connectivity index (χ0v) is 21.6. The fourth-order valence-corrected chi connectivity index (χ4v) is 5.25. The van der Waals surface area contributed by atoms with Crippen LogP contribution < -0.4 is 14.5 Å². The van der Waals surface area contributed by atoms with Crippen LogP contribution >= 0.6 is 11.3 Å². The largest absolute Gasteiger partial charge is 0.497 e. The average Bonchev–Trinajstić information content (AvgIpc) is 3.34. The first-order valence-electron chi connectivity index (χ1n) is 12.0. The minimum Gasteiger partial charge on any atom is -0.497 e. The molecule has 0 aliphatic carbocycles. The molecule has 1 amide bonds. The fraction of sp³-hybridized carbons (Fsp3) is 0.440. The second-order valence-electron chi connectivity index (χ2n) is 8.37. The minimum absolute atomic E-state index is 0.0829. The van der Waals surface area contributed by atoms with Crippen LogP contribution in [0.2, 0.25) is 0 Å². The van der Waals surface area contributed by atoms with Crippen LogP contribution in [0.15, 0.2) is 36.4 Å². The Bertz CT molecular complexity index is 1220. The number of rotatable bonds is 10. The maximum absolute atomic E-state index is 13.8. The molecule has 11 heteroatoms. The molecule has 2 heterocycles. The van der Waals surface area contributed by atoms with Gasteiger partial charge in [0.25, 0.3) is 11.6 Å². The van der Waals surface area contributed by atoms with Gasteiger partial charge in [-0.15, -0.1) is 0 Å². The number of nitrogens with zero attached hydrogens (tertiary/aromatic N) is 5. The van der Waals surface area contributed by atoms with E-state index in [0.717, 1.165) is 23.3 Å². The minimum atomic E-state index is -0.425. The molecule has 1 saturated heterocycles. The number of amides is 1. The second kappa shape index (κ2) is 11.6. The summed E-state index contributed by atoms with van der Waals surface area (Å²) in [5, 5.41) is 12.5. The molecular formula is C25H31N5O5S. The standard InChI is InChI=1S/C25H31N5O5S/c1-4-27(5-2)10-11-29(25-26-20-8-7-19(34-3)17-23(20)36-25)24(31)18-6-9-21(22(16-18)30(32)33)28-12-14-35-15-13-28/h6-9,16-17H,4-5,10-15H2,1-3H3. The lowest BCUT2D eigenvalue weighted by atomic mass is 10.1. The molecule has 192 valence electrons. The Labute approximate surface area is 214 Å². The summed E-state index contributed by atoms with van der Waals surface area (Å²) in [7, 11) is 1.61. The lowest BCUT2D eigenvalue weighted by molar-refractivity contribution is -0.384. The molecule has 0 saturated carbocycles. The molecule has 0 N–H and O–H groups in total. The van der Waals surface area contributed by atoms with E-state index in [2.05, 4.69) is 18.7 Å². The first kappa shape index (κ1) is 25.8. The van der Waals surface area contributed by atoms with Gasteiger partial charge in [0.1, 0.15) is 11.4 Å². The molecule has 1 aliphatic heterocycles. The molecule has 0 atom stereocenters. The Morgan fingerprint density at radius 2 is 1.92 bits per heavy atom. The van der Waals surface area contributed by atoms with Crippen LogP contribution in [0.5, 0.6) is 5.75 Å². The zero-order chi connectivity index (χ0) is 25.7. The molecule has 0 spiro atoms. The molecule has 36 heavy (non-hydrogen) atoms. The number of aromatic nitrogens is 1. The van der Waals surface area contributed by atoms with Crippen molar-refractivity contribution < 1.29 is 19.2 Å². The maximum atomic E-state index is 13.8. The molecule has 4 rings (SSSR count). The van der Waals surface area contributed by atoms with Gasteiger partial charge >= 0.3 is 0 Å². The molecule has 0 bridgehead atoms. The highest BCUT2D eigenvalue weighted by molar-refractivity contribution is 7.22. The summed E-state index contributed by atoms with van der Waals surface area (Å²) in [6.45, 7) is 9.10. The van der Waals surface area contributed by atoms with Crippen LogP contribution in [0.4, 0.5) is 16.5 Å². The topological polar surface area (TPSA) is 101 Å². The highest BCUT2D eigenvalue weighted by Crippen LogP contribution is 2.34. The number of hydrogen-bond donors (Lipinski definition) is 0. The van der Waals surface area contributed by atoms with E-state index in [4.69, 9.17) is 14.5 Å². The Morgan fingerprint density at radius 1 is 1.17 bits per heavy atom. The Kier molecular flexibility index (Phi) is 8.34. The SMILES string of the molecule is CCN(CC)CCN(C(=O)c1ccc(N2CCOCC2)c([N+](=O)[O-])c1)c1nc2ccc(OC)cc2s1. The van der Waals surface area contributed by atoms with E-state index in [1.165, 1.54) is 17.4 Å². The van der Waals surface area contributed by atoms with Crippen molar-refractivity contribution in [3.63, 3.8) is 0 Å². The highest BCUT2D eigenvalue weighted by atomic mass is 32.1. The zero-order valence-electron chi connectivity index (χ0n) is 20.8. The number of benzene rings is 2. The number of fused-ring (bicyclic) bond motifs is 1. The van der Waals surface area contributed by atoms with Gasteiger partial charge in [0.05, 0.1) is 35.5 Å². The first-order valence-corrected chi connectivity index (χ1v) is 12.9. The van der Waals surface area contributed by atoms with Gasteiger partial charge in [0.15, 0.2) is 5.13 Å². The molecule has 0 radical (unpaired) electrons. The number of nitro benzene ring substituents is 1. The number of carbonyl (C=O) groups is 1. The Morgan fingerprint density at radius 3 is 2.58 bits per heavy atom. The van der Waals surface area contributed by atoms with Crippen LogP contribution in [0.3, 0.4) is 0 Å². The van der Waals surface area contributed by atoms with Crippen molar-refractivity contribution in [2.24, 2.45) is 0 Å². The summed E-state index contributed by atoms with van der Waals surface area (Å²) < 4.78 is 11.6. The summed E-state index contributed by atoms with van der Waals surface area (Å²) in [5.74, 6) is 0.401. The number of carbonyl (C=O) groups excluding carboxylic acids is 1. The molecule has 2 aromatic carbocycles. The predicted octanol–water partition coefficient (Wildman–Crippen LogP) is 4.04. The van der Waals surface area contributed by atoms with Crippen LogP contribution in [0.25, 0.3) is 10.2 Å². The normalized spacial score (nSPS) is 13.8. The Balaban J connectivity index is 1.70. The van der Waals surface area contributed by atoms with Gasteiger partial charge in [0.2, 0.25) is 0 Å². The van der Waals surface area contributed by atoms with Crippen LogP contribution in [-0.2, 0) is 4.74 Å². The fourth-order valence-electron chi connectivity index (χ4n) is 4.23. The molecule has 1 aliphatic rings. The molecular weight excluding hydrogens is 482 g/mol. The summed E-state index contributed by atoms with van der Waals surface area (Å²) in [5.41, 5.74) is 1.45. The summed E-state index contributed by atoms with van der Waals surface area (Å²) in [6.07, 6.45) is 0. The summed E-state index contributed by atoms with van der Waals surface area (Å²) >= 11 is 1.40. The predicted molar refractivity (Wildman–Crippen MR) is 142 cm³/mol.